The number of fused-ring (bicyclic) bond motifs is 2. The number of phenols is 2. The Labute approximate surface area is 176 Å². The lowest BCUT2D eigenvalue weighted by molar-refractivity contribution is 0.418. The number of hydrogen-bond donors (Lipinski definition) is 2. The molecule has 2 heterocycles. The van der Waals surface area contributed by atoms with Crippen molar-refractivity contribution in [2.75, 3.05) is 41.3 Å². The van der Waals surface area contributed by atoms with Crippen molar-refractivity contribution in [1.29, 1.82) is 0 Å². The lowest BCUT2D eigenvalue weighted by Crippen LogP contribution is -2.24. The van der Waals surface area contributed by atoms with E-state index in [2.05, 4.69) is 9.80 Å². The van der Waals surface area contributed by atoms with E-state index in [9.17, 15) is 10.2 Å². The first-order chi connectivity index (χ1) is 14.4. The Hall–Kier alpha value is -2.96. The van der Waals surface area contributed by atoms with Gasteiger partial charge in [-0.3, -0.25) is 0 Å². The summed E-state index contributed by atoms with van der Waals surface area (Å²) >= 11 is 0. The molecule has 2 aromatic carbocycles. The van der Waals surface area contributed by atoms with Gasteiger partial charge in [0.25, 0.3) is 0 Å². The second-order valence-corrected chi connectivity index (χ2v) is 8.33. The zero-order valence-electron chi connectivity index (χ0n) is 18.0. The first-order valence-corrected chi connectivity index (χ1v) is 10.2. The fourth-order valence-corrected chi connectivity index (χ4v) is 4.02. The summed E-state index contributed by atoms with van der Waals surface area (Å²) in [7, 11) is 8.14. The van der Waals surface area contributed by atoms with E-state index in [4.69, 9.17) is 9.98 Å². The van der Waals surface area contributed by atoms with Crippen molar-refractivity contribution in [3.8, 4) is 11.5 Å². The SMILES string of the molecule is CN(C)CCC1=c2c(O)cccc2=NC1=C1N=c2cccc(O)c2=C1CCN(C)C. The van der Waals surface area contributed by atoms with Crippen LogP contribution >= 0.6 is 0 Å². The Kier molecular flexibility index (Phi) is 5.45. The molecule has 0 saturated heterocycles. The molecule has 0 radical (unpaired) electrons. The molecule has 30 heavy (non-hydrogen) atoms. The number of benzene rings is 2. The molecule has 0 aliphatic carbocycles. The van der Waals surface area contributed by atoms with Gasteiger partial charge in [-0.05, 0) is 76.4 Å². The molecule has 0 amide bonds. The Balaban J connectivity index is 1.99. The summed E-state index contributed by atoms with van der Waals surface area (Å²) in [5.41, 5.74) is 3.62. The third-order valence-electron chi connectivity index (χ3n) is 5.52. The van der Waals surface area contributed by atoms with Gasteiger partial charge in [0.2, 0.25) is 0 Å². The molecule has 2 aliphatic heterocycles. The summed E-state index contributed by atoms with van der Waals surface area (Å²) in [5, 5.41) is 24.3. The van der Waals surface area contributed by atoms with Crippen LogP contribution < -0.4 is 21.2 Å². The van der Waals surface area contributed by atoms with E-state index in [1.165, 1.54) is 0 Å². The zero-order chi connectivity index (χ0) is 21.4. The molecule has 0 aromatic heterocycles. The first-order valence-electron chi connectivity index (χ1n) is 10.2. The van der Waals surface area contributed by atoms with Gasteiger partial charge in [-0.1, -0.05) is 12.1 Å². The molecule has 0 fully saturated rings. The monoisotopic (exact) mass is 404 g/mol. The number of hydrogen-bond acceptors (Lipinski definition) is 6. The minimum absolute atomic E-state index is 0.244. The summed E-state index contributed by atoms with van der Waals surface area (Å²) < 4.78 is 0. The second-order valence-electron chi connectivity index (χ2n) is 8.33. The Morgan fingerprint density at radius 2 is 1.07 bits per heavy atom. The standard InChI is InChI=1S/C24H28N4O2/c1-27(2)13-11-15-21-17(7-5-9-19(21)29)25-23(15)24-16(12-14-28(3)4)22-18(26-24)8-6-10-20(22)30/h5-10,29-30H,11-14H2,1-4H3. The number of allylic oxidation sites excluding steroid dienone is 2. The maximum absolute atomic E-state index is 10.6. The van der Waals surface area contributed by atoms with Crippen LogP contribution in [-0.2, 0) is 0 Å². The number of nitrogens with zero attached hydrogens (tertiary/aromatic N) is 4. The van der Waals surface area contributed by atoms with Crippen LogP contribution in [0.25, 0.3) is 11.1 Å². The number of rotatable bonds is 6. The molecule has 6 heteroatoms. The lowest BCUT2D eigenvalue weighted by atomic mass is 9.99. The van der Waals surface area contributed by atoms with Gasteiger partial charge in [0, 0.05) is 23.5 Å². The molecular formula is C24H28N4O2. The van der Waals surface area contributed by atoms with Gasteiger partial charge in [0.15, 0.2) is 0 Å². The predicted octanol–water partition coefficient (Wildman–Crippen LogP) is 0.481. The largest absolute Gasteiger partial charge is 0.507 e. The molecule has 0 bridgehead atoms. The minimum Gasteiger partial charge on any atom is -0.507 e. The Morgan fingerprint density at radius 3 is 1.43 bits per heavy atom. The fraction of sp³-hybridized carbons (Fsp3) is 0.333. The smallest absolute Gasteiger partial charge is 0.125 e. The number of aromatic hydroxyl groups is 2. The lowest BCUT2D eigenvalue weighted by Gasteiger charge is -2.15. The summed E-state index contributed by atoms with van der Waals surface area (Å²) in [6.45, 7) is 1.67. The van der Waals surface area contributed by atoms with Crippen LogP contribution in [0, 0.1) is 0 Å². The van der Waals surface area contributed by atoms with Crippen molar-refractivity contribution in [2.45, 2.75) is 12.8 Å². The highest BCUT2D eigenvalue weighted by molar-refractivity contribution is 5.79. The van der Waals surface area contributed by atoms with Crippen molar-refractivity contribution in [2.24, 2.45) is 9.98 Å². The van der Waals surface area contributed by atoms with E-state index >= 15 is 0 Å². The Bertz CT molecular complexity index is 1170. The van der Waals surface area contributed by atoms with E-state index in [-0.39, 0.29) is 11.5 Å². The second kappa shape index (κ2) is 8.05. The third-order valence-corrected chi connectivity index (χ3v) is 5.52. The topological polar surface area (TPSA) is 71.7 Å². The quantitative estimate of drug-likeness (QED) is 0.735. The highest BCUT2D eigenvalue weighted by Gasteiger charge is 2.25. The minimum atomic E-state index is 0.244. The molecule has 156 valence electrons. The van der Waals surface area contributed by atoms with Gasteiger partial charge in [-0.2, -0.15) is 0 Å². The highest BCUT2D eigenvalue weighted by Crippen LogP contribution is 2.31. The van der Waals surface area contributed by atoms with Crippen molar-refractivity contribution < 1.29 is 10.2 Å². The van der Waals surface area contributed by atoms with Crippen LogP contribution in [0.15, 0.2) is 57.8 Å². The van der Waals surface area contributed by atoms with Crippen LogP contribution in [0.4, 0.5) is 0 Å². The van der Waals surface area contributed by atoms with Crippen LogP contribution in [-0.4, -0.2) is 61.3 Å². The fourth-order valence-electron chi connectivity index (χ4n) is 4.02. The van der Waals surface area contributed by atoms with Gasteiger partial charge < -0.3 is 20.0 Å². The molecule has 2 aromatic rings. The molecule has 0 unspecified atom stereocenters. The average Bonchev–Trinajstić information content (AvgIpc) is 3.24. The summed E-state index contributed by atoms with van der Waals surface area (Å²) in [6, 6.07) is 10.9. The van der Waals surface area contributed by atoms with Gasteiger partial charge >= 0.3 is 0 Å². The Morgan fingerprint density at radius 1 is 0.667 bits per heavy atom. The molecule has 2 N–H and O–H groups in total. The maximum Gasteiger partial charge on any atom is 0.125 e. The third kappa shape index (κ3) is 3.64. The first kappa shape index (κ1) is 20.3. The normalized spacial score (nSPS) is 17.4. The van der Waals surface area contributed by atoms with E-state index in [0.717, 1.165) is 69.6 Å². The summed E-state index contributed by atoms with van der Waals surface area (Å²) in [4.78, 5) is 14.0. The van der Waals surface area contributed by atoms with E-state index in [1.807, 2.05) is 52.5 Å². The van der Waals surface area contributed by atoms with Crippen molar-refractivity contribution in [3.05, 3.63) is 68.9 Å². The van der Waals surface area contributed by atoms with Crippen LogP contribution in [0.1, 0.15) is 12.8 Å². The number of phenolic OH excluding ortho intramolecular Hbond substituents is 2. The van der Waals surface area contributed by atoms with E-state index in [1.54, 1.807) is 12.1 Å². The molecule has 4 rings (SSSR count). The maximum atomic E-state index is 10.6. The summed E-state index contributed by atoms with van der Waals surface area (Å²) in [5.74, 6) is 0.489. The van der Waals surface area contributed by atoms with Crippen molar-refractivity contribution in [3.63, 3.8) is 0 Å². The van der Waals surface area contributed by atoms with Gasteiger partial charge in [0.1, 0.15) is 11.5 Å². The molecule has 2 aliphatic rings. The molecular weight excluding hydrogens is 376 g/mol. The average molecular weight is 405 g/mol. The predicted molar refractivity (Wildman–Crippen MR) is 118 cm³/mol. The van der Waals surface area contributed by atoms with Crippen LogP contribution in [0.2, 0.25) is 0 Å². The summed E-state index contributed by atoms with van der Waals surface area (Å²) in [6.07, 6.45) is 1.50. The molecule has 6 nitrogen and oxygen atoms in total. The van der Waals surface area contributed by atoms with Crippen molar-refractivity contribution in [1.82, 2.24) is 9.80 Å². The molecule has 0 spiro atoms. The van der Waals surface area contributed by atoms with Crippen molar-refractivity contribution >= 4 is 11.1 Å². The van der Waals surface area contributed by atoms with Gasteiger partial charge in [0.05, 0.1) is 22.1 Å². The molecule has 0 saturated carbocycles. The zero-order valence-corrected chi connectivity index (χ0v) is 18.0. The molecule has 0 atom stereocenters. The van der Waals surface area contributed by atoms with Crippen LogP contribution in [0.3, 0.4) is 0 Å². The van der Waals surface area contributed by atoms with E-state index in [0.29, 0.717) is 0 Å². The highest BCUT2D eigenvalue weighted by atomic mass is 16.3. The van der Waals surface area contributed by atoms with Crippen LogP contribution in [0.5, 0.6) is 11.5 Å². The van der Waals surface area contributed by atoms with Gasteiger partial charge in [-0.15, -0.1) is 0 Å². The van der Waals surface area contributed by atoms with E-state index < -0.39 is 0 Å². The van der Waals surface area contributed by atoms with Gasteiger partial charge in [-0.25, -0.2) is 9.98 Å².